The molecular weight excluding hydrogens is 216 g/mol. The summed E-state index contributed by atoms with van der Waals surface area (Å²) in [5, 5.41) is 0. The lowest BCUT2D eigenvalue weighted by atomic mass is 9.59. The molecule has 5 rings (SSSR count). The van der Waals surface area contributed by atoms with Crippen LogP contribution < -0.4 is 0 Å². The third kappa shape index (κ3) is 1.10. The van der Waals surface area contributed by atoms with Gasteiger partial charge in [-0.05, 0) is 79.4 Å². The van der Waals surface area contributed by atoms with Gasteiger partial charge in [0.15, 0.2) is 0 Å². The van der Waals surface area contributed by atoms with E-state index in [1.54, 1.807) is 38.5 Å². The number of rotatable bonds is 1. The summed E-state index contributed by atoms with van der Waals surface area (Å²) >= 11 is 0. The zero-order valence-corrected chi connectivity index (χ0v) is 11.5. The van der Waals surface area contributed by atoms with E-state index < -0.39 is 0 Å². The van der Waals surface area contributed by atoms with Crippen molar-refractivity contribution < 1.29 is 0 Å². The zero-order valence-electron chi connectivity index (χ0n) is 11.5. The van der Waals surface area contributed by atoms with E-state index in [1.165, 1.54) is 19.3 Å². The molecular formula is C18H26. The van der Waals surface area contributed by atoms with Gasteiger partial charge >= 0.3 is 0 Å². The lowest BCUT2D eigenvalue weighted by Gasteiger charge is -2.45. The summed E-state index contributed by atoms with van der Waals surface area (Å²) in [5.74, 6) is 6.62. The van der Waals surface area contributed by atoms with Crippen LogP contribution in [0.2, 0.25) is 0 Å². The van der Waals surface area contributed by atoms with Gasteiger partial charge in [-0.3, -0.25) is 0 Å². The summed E-state index contributed by atoms with van der Waals surface area (Å²) in [6.45, 7) is 0. The SMILES string of the molecule is C1=CC2(C3CCCCC3)CC1C1C3CCC(C3)C12. The van der Waals surface area contributed by atoms with E-state index >= 15 is 0 Å². The Morgan fingerprint density at radius 2 is 1.72 bits per heavy atom. The molecule has 5 aliphatic rings. The molecule has 0 aliphatic heterocycles. The van der Waals surface area contributed by atoms with Crippen molar-refractivity contribution in [3.63, 3.8) is 0 Å². The summed E-state index contributed by atoms with van der Waals surface area (Å²) in [6, 6.07) is 0. The Morgan fingerprint density at radius 1 is 0.889 bits per heavy atom. The van der Waals surface area contributed by atoms with Crippen LogP contribution in [-0.4, -0.2) is 0 Å². The average Bonchev–Trinajstić information content (AvgIpc) is 3.18. The molecule has 0 nitrogen and oxygen atoms in total. The molecule has 0 heteroatoms. The molecule has 98 valence electrons. The van der Waals surface area contributed by atoms with Crippen molar-refractivity contribution in [1.29, 1.82) is 0 Å². The Morgan fingerprint density at radius 3 is 2.61 bits per heavy atom. The maximum atomic E-state index is 2.75. The lowest BCUT2D eigenvalue weighted by Crippen LogP contribution is -2.39. The highest BCUT2D eigenvalue weighted by Crippen LogP contribution is 2.73. The number of hydrogen-bond donors (Lipinski definition) is 0. The van der Waals surface area contributed by atoms with Crippen molar-refractivity contribution in [2.24, 2.45) is 40.9 Å². The van der Waals surface area contributed by atoms with E-state index in [4.69, 9.17) is 0 Å². The van der Waals surface area contributed by atoms with Crippen molar-refractivity contribution in [3.05, 3.63) is 12.2 Å². The smallest absolute Gasteiger partial charge is 0.00504 e. The fourth-order valence-electron chi connectivity index (χ4n) is 7.32. The van der Waals surface area contributed by atoms with Crippen molar-refractivity contribution in [3.8, 4) is 0 Å². The molecule has 6 atom stereocenters. The molecule has 18 heavy (non-hydrogen) atoms. The Hall–Kier alpha value is -0.260. The lowest BCUT2D eigenvalue weighted by molar-refractivity contribution is 0.0686. The van der Waals surface area contributed by atoms with Gasteiger partial charge in [-0.25, -0.2) is 0 Å². The van der Waals surface area contributed by atoms with E-state index in [0.717, 1.165) is 35.5 Å². The van der Waals surface area contributed by atoms with Crippen molar-refractivity contribution >= 4 is 0 Å². The largest absolute Gasteiger partial charge is 0.0845 e. The molecule has 0 radical (unpaired) electrons. The van der Waals surface area contributed by atoms with Crippen molar-refractivity contribution in [1.82, 2.24) is 0 Å². The van der Waals surface area contributed by atoms with Gasteiger partial charge < -0.3 is 0 Å². The molecule has 4 bridgehead atoms. The maximum absolute atomic E-state index is 2.75. The van der Waals surface area contributed by atoms with Crippen LogP contribution in [-0.2, 0) is 0 Å². The van der Waals surface area contributed by atoms with Gasteiger partial charge in [-0.1, -0.05) is 31.4 Å². The van der Waals surface area contributed by atoms with Crippen molar-refractivity contribution in [2.45, 2.75) is 57.8 Å². The molecule has 4 fully saturated rings. The van der Waals surface area contributed by atoms with Crippen LogP contribution in [0.1, 0.15) is 57.8 Å². The summed E-state index contributed by atoms with van der Waals surface area (Å²) in [5.41, 5.74) is 0.704. The standard InChI is InChI=1S/C18H26/c1-2-4-15(5-3-1)18-9-8-14(11-18)16-12-6-7-13(10-12)17(16)18/h8-9,12-17H,1-7,10-11H2. The third-order valence-electron chi connectivity index (χ3n) is 7.70. The molecule has 0 saturated heterocycles. The molecule has 0 aromatic rings. The molecule has 4 saturated carbocycles. The third-order valence-corrected chi connectivity index (χ3v) is 7.70. The first-order chi connectivity index (χ1) is 8.88. The minimum atomic E-state index is 0.704. The van der Waals surface area contributed by atoms with Crippen LogP contribution in [0.5, 0.6) is 0 Å². The molecule has 0 spiro atoms. The quantitative estimate of drug-likeness (QED) is 0.457. The van der Waals surface area contributed by atoms with Crippen LogP contribution in [0.15, 0.2) is 12.2 Å². The van der Waals surface area contributed by atoms with Gasteiger partial charge in [0.25, 0.3) is 0 Å². The fourth-order valence-corrected chi connectivity index (χ4v) is 7.32. The molecule has 6 unspecified atom stereocenters. The summed E-state index contributed by atoms with van der Waals surface area (Å²) in [6.07, 6.45) is 19.4. The van der Waals surface area contributed by atoms with E-state index in [1.807, 2.05) is 0 Å². The minimum Gasteiger partial charge on any atom is -0.0845 e. The number of hydrogen-bond acceptors (Lipinski definition) is 0. The fraction of sp³-hybridized carbons (Fsp3) is 0.889. The summed E-state index contributed by atoms with van der Waals surface area (Å²) in [4.78, 5) is 0. The van der Waals surface area contributed by atoms with Gasteiger partial charge in [0, 0.05) is 0 Å². The Bertz CT molecular complexity index is 389. The van der Waals surface area contributed by atoms with Crippen LogP contribution in [0.4, 0.5) is 0 Å². The highest BCUT2D eigenvalue weighted by atomic mass is 14.7. The van der Waals surface area contributed by atoms with Crippen LogP contribution in [0.25, 0.3) is 0 Å². The normalized spacial score (nSPS) is 57.4. The minimum absolute atomic E-state index is 0.704. The maximum Gasteiger partial charge on any atom is -0.00504 e. The van der Waals surface area contributed by atoms with E-state index in [-0.39, 0.29) is 0 Å². The molecule has 0 N–H and O–H groups in total. The topological polar surface area (TPSA) is 0 Å². The van der Waals surface area contributed by atoms with E-state index in [9.17, 15) is 0 Å². The van der Waals surface area contributed by atoms with E-state index in [2.05, 4.69) is 12.2 Å². The van der Waals surface area contributed by atoms with Gasteiger partial charge in [0.05, 0.1) is 0 Å². The van der Waals surface area contributed by atoms with E-state index in [0.29, 0.717) is 5.41 Å². The van der Waals surface area contributed by atoms with Crippen LogP contribution in [0, 0.1) is 40.9 Å². The highest BCUT2D eigenvalue weighted by Gasteiger charge is 2.65. The van der Waals surface area contributed by atoms with Gasteiger partial charge in [-0.2, -0.15) is 0 Å². The predicted octanol–water partition coefficient (Wildman–Crippen LogP) is 4.81. The molecule has 0 aromatic carbocycles. The van der Waals surface area contributed by atoms with Gasteiger partial charge in [-0.15, -0.1) is 0 Å². The van der Waals surface area contributed by atoms with Gasteiger partial charge in [0.1, 0.15) is 0 Å². The molecule has 0 amide bonds. The number of allylic oxidation sites excluding steroid dienone is 2. The first-order valence-electron chi connectivity index (χ1n) is 8.58. The second-order valence-corrected chi connectivity index (χ2v) is 8.11. The molecule has 0 aromatic heterocycles. The summed E-state index contributed by atoms with van der Waals surface area (Å²) < 4.78 is 0. The van der Waals surface area contributed by atoms with Crippen molar-refractivity contribution in [2.75, 3.05) is 0 Å². The Balaban J connectivity index is 1.54. The Kier molecular flexibility index (Phi) is 2.01. The summed E-state index contributed by atoms with van der Waals surface area (Å²) in [7, 11) is 0. The van der Waals surface area contributed by atoms with Crippen LogP contribution >= 0.6 is 0 Å². The molecule has 0 heterocycles. The Labute approximate surface area is 111 Å². The first-order valence-corrected chi connectivity index (χ1v) is 8.58. The second kappa shape index (κ2) is 3.44. The van der Waals surface area contributed by atoms with Gasteiger partial charge in [0.2, 0.25) is 0 Å². The first kappa shape index (κ1) is 10.5. The predicted molar refractivity (Wildman–Crippen MR) is 74.1 cm³/mol. The highest BCUT2D eigenvalue weighted by molar-refractivity contribution is 5.27. The zero-order chi connectivity index (χ0) is 11.7. The second-order valence-electron chi connectivity index (χ2n) is 8.11. The molecule has 5 aliphatic carbocycles. The van der Waals surface area contributed by atoms with Crippen LogP contribution in [0.3, 0.4) is 0 Å². The monoisotopic (exact) mass is 242 g/mol. The average molecular weight is 242 g/mol. The number of fused-ring (bicyclic) bond motifs is 9.